The molecule has 1 atom stereocenters. The molecular weight excluding hydrogens is 357 g/mol. The fourth-order valence-electron chi connectivity index (χ4n) is 4.58. The Bertz CT molecular complexity index is 873. The number of piperidine rings is 1. The Hall–Kier alpha value is -2.47. The average molecular weight is 386 g/mol. The molecule has 29 heavy (non-hydrogen) atoms. The number of nitrogens with zero attached hydrogens (tertiary/aromatic N) is 3. The van der Waals surface area contributed by atoms with Gasteiger partial charge in [0, 0.05) is 25.2 Å². The van der Waals surface area contributed by atoms with Crippen LogP contribution in [0.2, 0.25) is 0 Å². The molecule has 0 spiro atoms. The number of hydrogen-bond donors (Lipinski definition) is 2. The molecule has 2 aliphatic rings. The van der Waals surface area contributed by atoms with E-state index in [1.54, 1.807) is 0 Å². The van der Waals surface area contributed by atoms with Gasteiger partial charge in [-0.25, -0.2) is 10.5 Å². The zero-order valence-electron chi connectivity index (χ0n) is 17.1. The van der Waals surface area contributed by atoms with E-state index < -0.39 is 0 Å². The summed E-state index contributed by atoms with van der Waals surface area (Å²) in [4.78, 5) is 7.13. The third kappa shape index (κ3) is 4.76. The Labute approximate surface area is 174 Å². The fraction of sp³-hybridized carbons (Fsp3) is 0.435. The minimum atomic E-state index is 0.458. The van der Waals surface area contributed by atoms with Crippen LogP contribution in [-0.2, 0) is 6.42 Å². The first kappa shape index (κ1) is 19.8. The average Bonchev–Trinajstić information content (AvgIpc) is 3.20. The minimum Gasteiger partial charge on any atom is -0.373 e. The van der Waals surface area contributed by atoms with Gasteiger partial charge in [0.1, 0.15) is 5.82 Å². The van der Waals surface area contributed by atoms with Gasteiger partial charge < -0.3 is 5.32 Å². The van der Waals surface area contributed by atoms with E-state index >= 15 is 0 Å². The maximum absolute atomic E-state index is 7.61. The molecule has 2 N–H and O–H groups in total. The third-order valence-electron chi connectivity index (χ3n) is 6.26. The summed E-state index contributed by atoms with van der Waals surface area (Å²) in [7, 11) is 4.16. The van der Waals surface area contributed by atoms with Crippen LogP contribution < -0.4 is 5.32 Å². The molecule has 1 radical (unpaired) electrons. The first-order chi connectivity index (χ1) is 14.3. The Morgan fingerprint density at radius 3 is 2.83 bits per heavy atom. The van der Waals surface area contributed by atoms with Crippen molar-refractivity contribution >= 4 is 13.1 Å². The third-order valence-corrected chi connectivity index (χ3v) is 6.26. The molecule has 6 heteroatoms. The first-order valence-electron chi connectivity index (χ1n) is 10.6. The lowest BCUT2D eigenvalue weighted by Crippen LogP contribution is -2.34. The van der Waals surface area contributed by atoms with E-state index in [4.69, 9.17) is 10.5 Å². The van der Waals surface area contributed by atoms with Crippen LogP contribution in [0.1, 0.15) is 47.8 Å². The summed E-state index contributed by atoms with van der Waals surface area (Å²) in [5.74, 6) is 3.98. The SMILES string of the molecule is CNc1cccc(C2CCN(C/C(=C/[B]C3CCc4ccccc43)N=N)CC2)n1. The predicted molar refractivity (Wildman–Crippen MR) is 119 cm³/mol. The van der Waals surface area contributed by atoms with Crippen molar-refractivity contribution in [1.29, 1.82) is 5.53 Å². The lowest BCUT2D eigenvalue weighted by molar-refractivity contribution is 0.225. The summed E-state index contributed by atoms with van der Waals surface area (Å²) in [6, 6.07) is 14.9. The molecule has 1 aliphatic heterocycles. The lowest BCUT2D eigenvalue weighted by Gasteiger charge is -2.31. The van der Waals surface area contributed by atoms with Gasteiger partial charge in [0.2, 0.25) is 0 Å². The van der Waals surface area contributed by atoms with Crippen LogP contribution >= 0.6 is 0 Å². The second-order valence-corrected chi connectivity index (χ2v) is 8.05. The van der Waals surface area contributed by atoms with E-state index in [0.717, 1.165) is 56.8 Å². The van der Waals surface area contributed by atoms with Crippen molar-refractivity contribution in [2.45, 2.75) is 37.4 Å². The number of anilines is 1. The molecule has 1 aromatic carbocycles. The van der Waals surface area contributed by atoms with Gasteiger partial charge in [-0.3, -0.25) is 4.90 Å². The van der Waals surface area contributed by atoms with E-state index in [2.05, 4.69) is 65.0 Å². The maximum Gasteiger partial charge on any atom is 0.153 e. The molecule has 0 saturated carbocycles. The van der Waals surface area contributed by atoms with Gasteiger partial charge in [0.25, 0.3) is 0 Å². The van der Waals surface area contributed by atoms with E-state index in [1.807, 2.05) is 13.1 Å². The van der Waals surface area contributed by atoms with Gasteiger partial charge in [-0.1, -0.05) is 36.3 Å². The molecule has 149 valence electrons. The topological polar surface area (TPSA) is 64.4 Å². The molecule has 4 rings (SSSR count). The van der Waals surface area contributed by atoms with E-state index in [-0.39, 0.29) is 0 Å². The van der Waals surface area contributed by atoms with Crippen molar-refractivity contribution < 1.29 is 0 Å². The largest absolute Gasteiger partial charge is 0.373 e. The highest BCUT2D eigenvalue weighted by atomic mass is 15.2. The Morgan fingerprint density at radius 1 is 1.21 bits per heavy atom. The Balaban J connectivity index is 1.31. The molecule has 1 unspecified atom stereocenters. The molecular formula is C23H29BN5. The number of likely N-dealkylation sites (tertiary alicyclic amines) is 1. The predicted octanol–water partition coefficient (Wildman–Crippen LogP) is 4.57. The molecule has 1 fully saturated rings. The number of rotatable bonds is 7. The van der Waals surface area contributed by atoms with Gasteiger partial charge in [-0.2, -0.15) is 5.11 Å². The maximum atomic E-state index is 7.61. The standard InChI is InChI=1S/C23H29BN5/c1-26-23-8-4-7-22(27-23)18-11-13-29(14-12-18)16-19(28-25)15-24-21-10-9-17-5-2-3-6-20(17)21/h2-8,15,18,21,25H,9-14,16H2,1H3,(H,26,27)/b19-15-,28-25?. The number of fused-ring (bicyclic) bond motifs is 1. The van der Waals surface area contributed by atoms with E-state index in [1.165, 1.54) is 16.8 Å². The monoisotopic (exact) mass is 386 g/mol. The van der Waals surface area contributed by atoms with Crippen molar-refractivity contribution in [1.82, 2.24) is 9.88 Å². The van der Waals surface area contributed by atoms with Gasteiger partial charge in [0.05, 0.1) is 5.70 Å². The summed E-state index contributed by atoms with van der Waals surface area (Å²) in [5, 5.41) is 6.94. The van der Waals surface area contributed by atoms with Crippen LogP contribution in [0.25, 0.3) is 0 Å². The van der Waals surface area contributed by atoms with Crippen molar-refractivity contribution in [3.63, 3.8) is 0 Å². The van der Waals surface area contributed by atoms with Crippen LogP contribution in [0, 0.1) is 5.53 Å². The first-order valence-corrected chi connectivity index (χ1v) is 10.6. The number of aryl methyl sites for hydroxylation is 1. The number of pyridine rings is 1. The normalized spacial score (nSPS) is 20.3. The van der Waals surface area contributed by atoms with Gasteiger partial charge in [-0.05, 0) is 67.8 Å². The number of aromatic nitrogens is 1. The van der Waals surface area contributed by atoms with Crippen LogP contribution in [0.4, 0.5) is 5.82 Å². The summed E-state index contributed by atoms with van der Waals surface area (Å²) >= 11 is 0. The van der Waals surface area contributed by atoms with Crippen molar-refractivity contribution in [2.24, 2.45) is 5.11 Å². The Kier molecular flexibility index (Phi) is 6.40. The molecule has 1 aliphatic carbocycles. The highest BCUT2D eigenvalue weighted by molar-refractivity contribution is 6.44. The van der Waals surface area contributed by atoms with E-state index in [0.29, 0.717) is 11.7 Å². The molecule has 0 bridgehead atoms. The van der Waals surface area contributed by atoms with Crippen LogP contribution in [0.3, 0.4) is 0 Å². The summed E-state index contributed by atoms with van der Waals surface area (Å²) in [5.41, 5.74) is 12.5. The van der Waals surface area contributed by atoms with Crippen molar-refractivity contribution in [3.8, 4) is 0 Å². The van der Waals surface area contributed by atoms with E-state index in [9.17, 15) is 0 Å². The number of nitrogens with one attached hydrogen (secondary N) is 2. The second-order valence-electron chi connectivity index (χ2n) is 8.05. The van der Waals surface area contributed by atoms with Gasteiger partial charge in [-0.15, -0.1) is 0 Å². The lowest BCUT2D eigenvalue weighted by atomic mass is 9.61. The van der Waals surface area contributed by atoms with Crippen LogP contribution in [0.15, 0.2) is 59.3 Å². The number of benzene rings is 1. The van der Waals surface area contributed by atoms with Crippen LogP contribution in [0.5, 0.6) is 0 Å². The van der Waals surface area contributed by atoms with Crippen molar-refractivity contribution in [3.05, 3.63) is 71.0 Å². The fourth-order valence-corrected chi connectivity index (χ4v) is 4.58. The van der Waals surface area contributed by atoms with Crippen LogP contribution in [-0.4, -0.2) is 43.8 Å². The highest BCUT2D eigenvalue weighted by Crippen LogP contribution is 2.32. The molecule has 2 aromatic rings. The van der Waals surface area contributed by atoms with Gasteiger partial charge >= 0.3 is 0 Å². The molecule has 5 nitrogen and oxygen atoms in total. The second kappa shape index (κ2) is 9.36. The summed E-state index contributed by atoms with van der Waals surface area (Å²) in [6.45, 7) is 2.80. The van der Waals surface area contributed by atoms with Gasteiger partial charge in [0.15, 0.2) is 7.28 Å². The zero-order valence-corrected chi connectivity index (χ0v) is 17.1. The summed E-state index contributed by atoms with van der Waals surface area (Å²) < 4.78 is 0. The smallest absolute Gasteiger partial charge is 0.153 e. The highest BCUT2D eigenvalue weighted by Gasteiger charge is 2.24. The summed E-state index contributed by atoms with van der Waals surface area (Å²) in [6.07, 6.45) is 4.51. The quantitative estimate of drug-likeness (QED) is 0.541. The minimum absolute atomic E-state index is 0.458. The molecule has 1 aromatic heterocycles. The Morgan fingerprint density at radius 2 is 2.03 bits per heavy atom. The molecule has 0 amide bonds. The zero-order chi connectivity index (χ0) is 20.1. The molecule has 1 saturated heterocycles. The van der Waals surface area contributed by atoms with Crippen molar-refractivity contribution in [2.75, 3.05) is 32.0 Å². The molecule has 2 heterocycles. The number of hydrogen-bond acceptors (Lipinski definition) is 5.